The van der Waals surface area contributed by atoms with Crippen LogP contribution >= 0.6 is 0 Å². The maximum absolute atomic E-state index is 13.2. The largest absolute Gasteiger partial charge is 0.382 e. The van der Waals surface area contributed by atoms with Crippen molar-refractivity contribution in [1.29, 1.82) is 0 Å². The van der Waals surface area contributed by atoms with E-state index in [1.807, 2.05) is 30.3 Å². The minimum Gasteiger partial charge on any atom is -0.382 e. The molecule has 0 saturated heterocycles. The summed E-state index contributed by atoms with van der Waals surface area (Å²) in [4.78, 5) is 12.2. The number of hydrogen-bond donors (Lipinski definition) is 2. The highest BCUT2D eigenvalue weighted by atomic mass is 19.2. The van der Waals surface area contributed by atoms with Crippen molar-refractivity contribution in [3.8, 4) is 0 Å². The molecule has 3 aromatic rings. The van der Waals surface area contributed by atoms with Crippen molar-refractivity contribution in [3.05, 3.63) is 71.4 Å². The van der Waals surface area contributed by atoms with Crippen molar-refractivity contribution in [2.24, 2.45) is 0 Å². The molecule has 0 atom stereocenters. The molecular formula is C16H13F2N5O. The number of nitrogens with one attached hydrogen (secondary N) is 1. The average molecular weight is 329 g/mol. The zero-order valence-electron chi connectivity index (χ0n) is 12.4. The van der Waals surface area contributed by atoms with Crippen molar-refractivity contribution in [2.45, 2.75) is 6.54 Å². The third-order valence-electron chi connectivity index (χ3n) is 3.34. The van der Waals surface area contributed by atoms with Crippen LogP contribution in [-0.4, -0.2) is 20.9 Å². The molecule has 3 rings (SSSR count). The molecule has 8 heteroatoms. The molecule has 1 heterocycles. The first-order valence-electron chi connectivity index (χ1n) is 7.04. The van der Waals surface area contributed by atoms with Gasteiger partial charge in [-0.3, -0.25) is 4.79 Å². The second-order valence-electron chi connectivity index (χ2n) is 5.05. The second-order valence-corrected chi connectivity index (χ2v) is 5.05. The van der Waals surface area contributed by atoms with Gasteiger partial charge in [0.25, 0.3) is 5.91 Å². The monoisotopic (exact) mass is 329 g/mol. The normalized spacial score (nSPS) is 10.6. The molecule has 0 unspecified atom stereocenters. The summed E-state index contributed by atoms with van der Waals surface area (Å²) >= 11 is 0. The van der Waals surface area contributed by atoms with Gasteiger partial charge in [0.2, 0.25) is 0 Å². The molecule has 3 N–H and O–H groups in total. The Kier molecular flexibility index (Phi) is 4.19. The van der Waals surface area contributed by atoms with Gasteiger partial charge in [0.05, 0.1) is 6.54 Å². The molecule has 1 amide bonds. The molecule has 0 bridgehead atoms. The summed E-state index contributed by atoms with van der Waals surface area (Å²) in [5.41, 5.74) is 6.85. The molecule has 122 valence electrons. The molecule has 0 aliphatic carbocycles. The Morgan fingerprint density at radius 2 is 1.88 bits per heavy atom. The molecule has 0 radical (unpaired) electrons. The topological polar surface area (TPSA) is 85.8 Å². The van der Waals surface area contributed by atoms with E-state index in [0.29, 0.717) is 6.54 Å². The van der Waals surface area contributed by atoms with Gasteiger partial charge < -0.3 is 11.1 Å². The van der Waals surface area contributed by atoms with Gasteiger partial charge in [-0.2, -0.15) is 0 Å². The second kappa shape index (κ2) is 6.45. The Balaban J connectivity index is 1.77. The highest BCUT2D eigenvalue weighted by Crippen LogP contribution is 2.16. The molecule has 1 aromatic heterocycles. The van der Waals surface area contributed by atoms with Gasteiger partial charge >= 0.3 is 0 Å². The van der Waals surface area contributed by atoms with Gasteiger partial charge in [-0.1, -0.05) is 35.5 Å². The van der Waals surface area contributed by atoms with Crippen LogP contribution in [0.4, 0.5) is 20.3 Å². The van der Waals surface area contributed by atoms with Crippen molar-refractivity contribution in [1.82, 2.24) is 15.0 Å². The van der Waals surface area contributed by atoms with E-state index in [-0.39, 0.29) is 17.2 Å². The maximum Gasteiger partial charge on any atom is 0.280 e. The lowest BCUT2D eigenvalue weighted by Gasteiger charge is -2.05. The van der Waals surface area contributed by atoms with Crippen LogP contribution in [0.25, 0.3) is 0 Å². The summed E-state index contributed by atoms with van der Waals surface area (Å²) < 4.78 is 27.5. The lowest BCUT2D eigenvalue weighted by molar-refractivity contribution is 0.102. The van der Waals surface area contributed by atoms with Crippen molar-refractivity contribution < 1.29 is 13.6 Å². The molecule has 0 saturated carbocycles. The predicted octanol–water partition coefficient (Wildman–Crippen LogP) is 2.44. The van der Waals surface area contributed by atoms with Crippen LogP contribution in [0.2, 0.25) is 0 Å². The van der Waals surface area contributed by atoms with Gasteiger partial charge in [-0.05, 0) is 17.7 Å². The number of rotatable bonds is 4. The first-order chi connectivity index (χ1) is 11.5. The van der Waals surface area contributed by atoms with Gasteiger partial charge in [0, 0.05) is 11.8 Å². The molecule has 24 heavy (non-hydrogen) atoms. The van der Waals surface area contributed by atoms with Crippen molar-refractivity contribution in [3.63, 3.8) is 0 Å². The van der Waals surface area contributed by atoms with Crippen LogP contribution < -0.4 is 11.1 Å². The first-order valence-corrected chi connectivity index (χ1v) is 7.04. The Morgan fingerprint density at radius 1 is 1.12 bits per heavy atom. The summed E-state index contributed by atoms with van der Waals surface area (Å²) in [5.74, 6) is -2.63. The smallest absolute Gasteiger partial charge is 0.280 e. The van der Waals surface area contributed by atoms with E-state index in [2.05, 4.69) is 15.6 Å². The van der Waals surface area contributed by atoms with Crippen LogP contribution in [0.15, 0.2) is 48.5 Å². The van der Waals surface area contributed by atoms with Crippen molar-refractivity contribution in [2.75, 3.05) is 11.1 Å². The number of carbonyl (C=O) groups excluding carboxylic acids is 1. The Hall–Kier alpha value is -3.29. The summed E-state index contributed by atoms with van der Waals surface area (Å²) in [6.45, 7) is 0.359. The number of benzene rings is 2. The fraction of sp³-hybridized carbons (Fsp3) is 0.0625. The fourth-order valence-electron chi connectivity index (χ4n) is 2.12. The zero-order valence-corrected chi connectivity index (χ0v) is 12.4. The van der Waals surface area contributed by atoms with E-state index in [0.717, 1.165) is 17.7 Å². The third-order valence-corrected chi connectivity index (χ3v) is 3.34. The van der Waals surface area contributed by atoms with Crippen LogP contribution in [-0.2, 0) is 6.54 Å². The predicted molar refractivity (Wildman–Crippen MR) is 84.3 cm³/mol. The molecular weight excluding hydrogens is 316 g/mol. The number of carbonyl (C=O) groups is 1. The highest BCUT2D eigenvalue weighted by molar-refractivity contribution is 6.05. The standard InChI is InChI=1S/C16H13F2N5O/c17-12-7-6-11(8-13(12)18)20-16(24)14-15(19)23(22-21-14)9-10-4-2-1-3-5-10/h1-8H,9,19H2,(H,20,24). The van der Waals surface area contributed by atoms with E-state index in [1.54, 1.807) is 0 Å². The lowest BCUT2D eigenvalue weighted by Crippen LogP contribution is -2.15. The SMILES string of the molecule is Nc1c(C(=O)Nc2ccc(F)c(F)c2)nnn1Cc1ccccc1. The van der Waals surface area contributed by atoms with Crippen molar-refractivity contribution >= 4 is 17.4 Å². The van der Waals surface area contributed by atoms with Gasteiger partial charge in [0.1, 0.15) is 0 Å². The molecule has 6 nitrogen and oxygen atoms in total. The van der Waals surface area contributed by atoms with Gasteiger partial charge in [-0.15, -0.1) is 5.10 Å². The molecule has 0 aliphatic rings. The number of hydrogen-bond acceptors (Lipinski definition) is 4. The molecule has 0 spiro atoms. The van der Waals surface area contributed by atoms with Gasteiger partial charge in [-0.25, -0.2) is 13.5 Å². The van der Waals surface area contributed by atoms with Crippen LogP contribution in [0.1, 0.15) is 16.1 Å². The van der Waals surface area contributed by atoms with E-state index >= 15 is 0 Å². The number of nitrogens with zero attached hydrogens (tertiary/aromatic N) is 3. The number of nitrogens with two attached hydrogens (primary N) is 1. The van der Waals surface area contributed by atoms with E-state index in [4.69, 9.17) is 5.73 Å². The average Bonchev–Trinajstić information content (AvgIpc) is 2.93. The minimum absolute atomic E-state index is 0.0823. The fourth-order valence-corrected chi connectivity index (χ4v) is 2.12. The summed E-state index contributed by atoms with van der Waals surface area (Å²) in [7, 11) is 0. The van der Waals surface area contributed by atoms with E-state index < -0.39 is 17.5 Å². The molecule has 2 aromatic carbocycles. The number of anilines is 2. The van der Waals surface area contributed by atoms with Crippen LogP contribution in [0.5, 0.6) is 0 Å². The van der Waals surface area contributed by atoms with E-state index in [9.17, 15) is 13.6 Å². The Bertz CT molecular complexity index is 879. The number of amides is 1. The van der Waals surface area contributed by atoms with E-state index in [1.165, 1.54) is 10.7 Å². The Labute approximate surface area is 135 Å². The molecule has 0 fully saturated rings. The zero-order chi connectivity index (χ0) is 17.1. The first kappa shape index (κ1) is 15.6. The number of nitrogen functional groups attached to an aromatic ring is 1. The molecule has 0 aliphatic heterocycles. The van der Waals surface area contributed by atoms with Crippen LogP contribution in [0.3, 0.4) is 0 Å². The van der Waals surface area contributed by atoms with Gasteiger partial charge in [0.15, 0.2) is 23.1 Å². The summed E-state index contributed by atoms with van der Waals surface area (Å²) in [5, 5.41) is 10.0. The minimum atomic E-state index is -1.06. The lowest BCUT2D eigenvalue weighted by atomic mass is 10.2. The quantitative estimate of drug-likeness (QED) is 0.770. The highest BCUT2D eigenvalue weighted by Gasteiger charge is 2.18. The number of aromatic nitrogens is 3. The Morgan fingerprint density at radius 3 is 2.58 bits per heavy atom. The van der Waals surface area contributed by atoms with Crippen LogP contribution in [0, 0.1) is 11.6 Å². The summed E-state index contributed by atoms with van der Waals surface area (Å²) in [6.07, 6.45) is 0. The number of halogens is 2. The maximum atomic E-state index is 13.2. The summed E-state index contributed by atoms with van der Waals surface area (Å²) in [6, 6.07) is 12.4. The third kappa shape index (κ3) is 3.22.